The molecule has 1 atom stereocenters. The fraction of sp³-hybridized carbons (Fsp3) is 0.720. The number of hydrogen-bond donors (Lipinski definition) is 2. The number of guanidine groups is 1. The molecule has 0 amide bonds. The van der Waals surface area contributed by atoms with E-state index < -0.39 is 0 Å². The number of aryl methyl sites for hydroxylation is 1. The lowest BCUT2D eigenvalue weighted by Gasteiger charge is -2.34. The van der Waals surface area contributed by atoms with Crippen molar-refractivity contribution in [3.63, 3.8) is 0 Å². The van der Waals surface area contributed by atoms with Crippen molar-refractivity contribution in [3.8, 4) is 0 Å². The molecule has 2 aliphatic rings. The number of aliphatic imine (C=N–C) groups is 1. The van der Waals surface area contributed by atoms with Gasteiger partial charge in [-0.15, -0.1) is 0 Å². The van der Waals surface area contributed by atoms with Crippen LogP contribution in [-0.2, 0) is 14.2 Å². The summed E-state index contributed by atoms with van der Waals surface area (Å²) in [6, 6.07) is 9.12. The minimum Gasteiger partial charge on any atom is -0.381 e. The van der Waals surface area contributed by atoms with E-state index in [4.69, 9.17) is 19.2 Å². The molecule has 0 bridgehead atoms. The summed E-state index contributed by atoms with van der Waals surface area (Å²) in [5.74, 6) is 1.54. The van der Waals surface area contributed by atoms with Crippen molar-refractivity contribution in [2.24, 2.45) is 10.9 Å². The zero-order valence-electron chi connectivity index (χ0n) is 20.0. The van der Waals surface area contributed by atoms with Crippen LogP contribution in [0.25, 0.3) is 0 Å². The van der Waals surface area contributed by atoms with Crippen molar-refractivity contribution in [3.05, 3.63) is 35.4 Å². The Labute approximate surface area is 193 Å². The van der Waals surface area contributed by atoms with Crippen molar-refractivity contribution in [1.29, 1.82) is 0 Å². The molecule has 1 aromatic rings. The minimum absolute atomic E-state index is 0.262. The van der Waals surface area contributed by atoms with Gasteiger partial charge in [-0.1, -0.05) is 29.8 Å². The highest BCUT2D eigenvalue weighted by atomic mass is 16.5. The van der Waals surface area contributed by atoms with Gasteiger partial charge < -0.3 is 24.8 Å². The van der Waals surface area contributed by atoms with Gasteiger partial charge in [0.05, 0.1) is 25.8 Å². The van der Waals surface area contributed by atoms with E-state index in [2.05, 4.69) is 53.6 Å². The number of morpholine rings is 1. The van der Waals surface area contributed by atoms with Gasteiger partial charge in [-0.05, 0) is 44.6 Å². The number of benzene rings is 1. The van der Waals surface area contributed by atoms with Crippen LogP contribution in [0.1, 0.15) is 43.4 Å². The largest absolute Gasteiger partial charge is 0.381 e. The average Bonchev–Trinajstić information content (AvgIpc) is 2.83. The van der Waals surface area contributed by atoms with E-state index in [0.717, 1.165) is 97.6 Å². The number of ether oxygens (including phenoxy) is 3. The zero-order chi connectivity index (χ0) is 22.4. The first kappa shape index (κ1) is 25.0. The first-order chi connectivity index (χ1) is 15.8. The van der Waals surface area contributed by atoms with Crippen LogP contribution in [0.4, 0.5) is 0 Å². The van der Waals surface area contributed by atoms with Crippen LogP contribution in [0.2, 0.25) is 0 Å². The number of rotatable bonds is 11. The Bertz CT molecular complexity index is 656. The van der Waals surface area contributed by atoms with E-state index in [-0.39, 0.29) is 6.04 Å². The molecular formula is C25H42N4O3. The van der Waals surface area contributed by atoms with Gasteiger partial charge in [0.2, 0.25) is 0 Å². The molecule has 1 aromatic carbocycles. The molecule has 2 saturated heterocycles. The van der Waals surface area contributed by atoms with E-state index in [0.29, 0.717) is 5.92 Å². The van der Waals surface area contributed by atoms with Gasteiger partial charge in [0.1, 0.15) is 0 Å². The highest BCUT2D eigenvalue weighted by Gasteiger charge is 2.22. The molecule has 0 saturated carbocycles. The lowest BCUT2D eigenvalue weighted by molar-refractivity contribution is 0.0179. The van der Waals surface area contributed by atoms with Crippen LogP contribution < -0.4 is 10.6 Å². The number of nitrogens with zero attached hydrogens (tertiary/aromatic N) is 2. The fourth-order valence-corrected chi connectivity index (χ4v) is 4.17. The molecule has 0 radical (unpaired) electrons. The van der Waals surface area contributed by atoms with Crippen LogP contribution in [0.15, 0.2) is 29.3 Å². The Morgan fingerprint density at radius 3 is 2.53 bits per heavy atom. The summed E-state index contributed by atoms with van der Waals surface area (Å²) in [5.41, 5.74) is 2.60. The molecule has 0 aliphatic carbocycles. The molecule has 1 unspecified atom stereocenters. The monoisotopic (exact) mass is 446 g/mol. The van der Waals surface area contributed by atoms with Gasteiger partial charge in [0, 0.05) is 52.6 Å². The van der Waals surface area contributed by atoms with Crippen LogP contribution in [0.3, 0.4) is 0 Å². The van der Waals surface area contributed by atoms with Gasteiger partial charge >= 0.3 is 0 Å². The summed E-state index contributed by atoms with van der Waals surface area (Å²) in [5, 5.41) is 6.86. The van der Waals surface area contributed by atoms with Gasteiger partial charge in [0.25, 0.3) is 0 Å². The molecule has 7 nitrogen and oxygen atoms in total. The van der Waals surface area contributed by atoms with Crippen LogP contribution in [-0.4, -0.2) is 83.2 Å². The summed E-state index contributed by atoms with van der Waals surface area (Å²) < 4.78 is 16.9. The van der Waals surface area contributed by atoms with Crippen LogP contribution in [0.5, 0.6) is 0 Å². The molecule has 7 heteroatoms. The second kappa shape index (κ2) is 14.5. The molecule has 2 fully saturated rings. The van der Waals surface area contributed by atoms with Crippen molar-refractivity contribution in [1.82, 2.24) is 15.5 Å². The summed E-state index contributed by atoms with van der Waals surface area (Å²) in [7, 11) is 0. The Morgan fingerprint density at radius 2 is 1.81 bits per heavy atom. The predicted molar refractivity (Wildman–Crippen MR) is 129 cm³/mol. The van der Waals surface area contributed by atoms with Crippen molar-refractivity contribution in [2.75, 3.05) is 72.4 Å². The third-order valence-electron chi connectivity index (χ3n) is 6.17. The maximum atomic E-state index is 5.89. The van der Waals surface area contributed by atoms with Gasteiger partial charge in [-0.2, -0.15) is 0 Å². The molecule has 180 valence electrons. The second-order valence-electron chi connectivity index (χ2n) is 8.71. The summed E-state index contributed by atoms with van der Waals surface area (Å²) in [4.78, 5) is 7.43. The van der Waals surface area contributed by atoms with Gasteiger partial charge in [-0.3, -0.25) is 9.89 Å². The van der Waals surface area contributed by atoms with Gasteiger partial charge in [0.15, 0.2) is 5.96 Å². The maximum absolute atomic E-state index is 5.89. The Morgan fingerprint density at radius 1 is 1.09 bits per heavy atom. The number of hydrogen-bond acceptors (Lipinski definition) is 5. The second-order valence-corrected chi connectivity index (χ2v) is 8.71. The van der Waals surface area contributed by atoms with Gasteiger partial charge in [-0.25, -0.2) is 0 Å². The van der Waals surface area contributed by atoms with Crippen molar-refractivity contribution >= 4 is 5.96 Å². The summed E-state index contributed by atoms with van der Waals surface area (Å²) in [6.45, 7) is 13.5. The average molecular weight is 447 g/mol. The third-order valence-corrected chi connectivity index (χ3v) is 6.17. The summed E-state index contributed by atoms with van der Waals surface area (Å²) >= 11 is 0. The lowest BCUT2D eigenvalue weighted by Crippen LogP contribution is -2.42. The smallest absolute Gasteiger partial charge is 0.191 e. The Kier molecular flexibility index (Phi) is 11.3. The quantitative estimate of drug-likeness (QED) is 0.310. The van der Waals surface area contributed by atoms with Crippen LogP contribution in [0, 0.1) is 12.8 Å². The molecule has 2 aliphatic heterocycles. The molecule has 2 heterocycles. The highest BCUT2D eigenvalue weighted by molar-refractivity contribution is 5.79. The highest BCUT2D eigenvalue weighted by Crippen LogP contribution is 2.23. The molecule has 32 heavy (non-hydrogen) atoms. The van der Waals surface area contributed by atoms with Crippen molar-refractivity contribution < 1.29 is 14.2 Å². The topological polar surface area (TPSA) is 67.4 Å². The molecule has 2 N–H and O–H groups in total. The standard InChI is InChI=1S/C25H42N4O3/c1-3-26-25(27-11-4-14-32-20-22-9-15-30-16-10-22)28-19-24(29-12-17-31-18-13-29)23-7-5-21(2)6-8-23/h5-8,22,24H,3-4,9-20H2,1-2H3,(H2,26,27,28). The number of nitrogens with one attached hydrogen (secondary N) is 2. The normalized spacial score (nSPS) is 19.6. The SMILES string of the molecule is CCNC(=NCC(c1ccc(C)cc1)N1CCOCC1)NCCCOCC1CCOCC1. The zero-order valence-corrected chi connectivity index (χ0v) is 20.0. The molecule has 3 rings (SSSR count). The van der Waals surface area contributed by atoms with Crippen LogP contribution >= 0.6 is 0 Å². The fourth-order valence-electron chi connectivity index (χ4n) is 4.17. The predicted octanol–water partition coefficient (Wildman–Crippen LogP) is 2.76. The molecule has 0 spiro atoms. The lowest BCUT2D eigenvalue weighted by atomic mass is 10.0. The first-order valence-corrected chi connectivity index (χ1v) is 12.3. The molecule has 0 aromatic heterocycles. The first-order valence-electron chi connectivity index (χ1n) is 12.3. The van der Waals surface area contributed by atoms with E-state index in [1.54, 1.807) is 0 Å². The third kappa shape index (κ3) is 8.70. The molecular weight excluding hydrogens is 404 g/mol. The van der Waals surface area contributed by atoms with E-state index in [9.17, 15) is 0 Å². The van der Waals surface area contributed by atoms with E-state index in [1.807, 2.05) is 0 Å². The van der Waals surface area contributed by atoms with E-state index >= 15 is 0 Å². The Hall–Kier alpha value is -1.67. The maximum Gasteiger partial charge on any atom is 0.191 e. The Balaban J connectivity index is 1.47. The minimum atomic E-state index is 0.262. The summed E-state index contributed by atoms with van der Waals surface area (Å²) in [6.07, 6.45) is 3.22. The van der Waals surface area contributed by atoms with E-state index in [1.165, 1.54) is 11.1 Å². The van der Waals surface area contributed by atoms with Crippen molar-refractivity contribution in [2.45, 2.75) is 39.2 Å².